The highest BCUT2D eigenvalue weighted by Gasteiger charge is 2.62. The Morgan fingerprint density at radius 2 is 1.57 bits per heavy atom. The molecule has 0 aromatic rings. The summed E-state index contributed by atoms with van der Waals surface area (Å²) in [6, 6.07) is 0. The number of methoxy groups -OCH3 is 1. The minimum absolute atomic E-state index is 0.0603. The second kappa shape index (κ2) is 9.42. The van der Waals surface area contributed by atoms with Crippen LogP contribution in [0.3, 0.4) is 0 Å². The summed E-state index contributed by atoms with van der Waals surface area (Å²) in [6.45, 7) is 18.8. The maximum atomic E-state index is 13.7. The van der Waals surface area contributed by atoms with Crippen molar-refractivity contribution in [1.82, 2.24) is 0 Å². The van der Waals surface area contributed by atoms with Gasteiger partial charge in [0, 0.05) is 12.0 Å². The summed E-state index contributed by atoms with van der Waals surface area (Å²) in [5.74, 6) is 0.937. The van der Waals surface area contributed by atoms with Gasteiger partial charge in [0.1, 0.15) is 0 Å². The van der Waals surface area contributed by atoms with Gasteiger partial charge >= 0.3 is 5.97 Å². The third-order valence-corrected chi connectivity index (χ3v) is 17.6. The molecule has 0 bridgehead atoms. The van der Waals surface area contributed by atoms with Crippen molar-refractivity contribution in [2.45, 2.75) is 123 Å². The van der Waals surface area contributed by atoms with Gasteiger partial charge < -0.3 is 9.16 Å². The van der Waals surface area contributed by atoms with Crippen molar-refractivity contribution in [3.8, 4) is 0 Å². The molecule has 0 saturated heterocycles. The van der Waals surface area contributed by atoms with E-state index in [1.807, 2.05) is 6.08 Å². The molecule has 3 fully saturated rings. The molecule has 0 unspecified atom stereocenters. The summed E-state index contributed by atoms with van der Waals surface area (Å²) < 4.78 is 12.4. The number of rotatable bonds is 6. The average molecular weight is 503 g/mol. The molecular weight excluding hydrogens is 452 g/mol. The van der Waals surface area contributed by atoms with Crippen molar-refractivity contribution in [2.75, 3.05) is 7.11 Å². The fourth-order valence-corrected chi connectivity index (χ4v) is 15.3. The average Bonchev–Trinajstić information content (AvgIpc) is 3.14. The summed E-state index contributed by atoms with van der Waals surface area (Å²) in [4.78, 5) is 26.3. The number of ether oxygens (including phenoxy) is 1. The number of fused-ring (bicyclic) bond motifs is 5. The summed E-state index contributed by atoms with van der Waals surface area (Å²) >= 11 is 0. The lowest BCUT2D eigenvalue weighted by Gasteiger charge is -2.57. The second-order valence-corrected chi connectivity index (χ2v) is 19.1. The molecule has 4 aliphatic rings. The number of ketones is 1. The smallest absolute Gasteiger partial charge is 0.309 e. The zero-order valence-corrected chi connectivity index (χ0v) is 24.8. The van der Waals surface area contributed by atoms with E-state index in [0.717, 1.165) is 44.9 Å². The van der Waals surface area contributed by atoms with Gasteiger partial charge in [-0.2, -0.15) is 0 Å². The third kappa shape index (κ3) is 4.02. The minimum Gasteiger partial charge on any atom is -0.469 e. The molecule has 4 rings (SSSR count). The summed E-state index contributed by atoms with van der Waals surface area (Å²) in [5, 5.41) is 0. The molecule has 5 heteroatoms. The highest BCUT2D eigenvalue weighted by atomic mass is 28.4. The zero-order chi connectivity index (χ0) is 25.9. The highest BCUT2D eigenvalue weighted by molar-refractivity contribution is 6.77. The minimum atomic E-state index is -1.95. The molecule has 4 aliphatic carbocycles. The Labute approximate surface area is 215 Å². The van der Waals surface area contributed by atoms with Crippen LogP contribution in [0, 0.1) is 34.5 Å². The van der Waals surface area contributed by atoms with Gasteiger partial charge in [-0.05, 0) is 90.3 Å². The van der Waals surface area contributed by atoms with E-state index in [-0.39, 0.29) is 34.7 Å². The molecule has 7 atom stereocenters. The first kappa shape index (κ1) is 27.1. The van der Waals surface area contributed by atoms with Crippen LogP contribution in [0.25, 0.3) is 0 Å². The van der Waals surface area contributed by atoms with Crippen LogP contribution < -0.4 is 0 Å². The molecule has 0 N–H and O–H groups in total. The number of esters is 1. The summed E-state index contributed by atoms with van der Waals surface area (Å²) in [5.41, 5.74) is 3.05. The van der Waals surface area contributed by atoms with Crippen LogP contribution in [-0.4, -0.2) is 33.3 Å². The van der Waals surface area contributed by atoms with Gasteiger partial charge in [-0.3, -0.25) is 9.59 Å². The van der Waals surface area contributed by atoms with Crippen LogP contribution in [-0.2, 0) is 18.8 Å². The van der Waals surface area contributed by atoms with Crippen molar-refractivity contribution >= 4 is 20.1 Å². The van der Waals surface area contributed by atoms with E-state index < -0.39 is 8.32 Å². The molecule has 0 heterocycles. The highest BCUT2D eigenvalue weighted by Crippen LogP contribution is 2.66. The normalized spacial score (nSPS) is 39.4. The van der Waals surface area contributed by atoms with Crippen LogP contribution in [0.5, 0.6) is 0 Å². The molecule has 0 amide bonds. The third-order valence-electron chi connectivity index (χ3n) is 11.5. The van der Waals surface area contributed by atoms with E-state index in [1.165, 1.54) is 12.7 Å². The molecule has 0 radical (unpaired) electrons. The largest absolute Gasteiger partial charge is 0.469 e. The van der Waals surface area contributed by atoms with Crippen LogP contribution in [0.15, 0.2) is 11.6 Å². The lowest BCUT2D eigenvalue weighted by atomic mass is 9.47. The van der Waals surface area contributed by atoms with Crippen molar-refractivity contribution in [3.05, 3.63) is 11.6 Å². The molecule has 4 nitrogen and oxygen atoms in total. The number of hydrogen-bond donors (Lipinski definition) is 0. The van der Waals surface area contributed by atoms with Crippen LogP contribution >= 0.6 is 0 Å². The van der Waals surface area contributed by atoms with E-state index in [9.17, 15) is 9.59 Å². The lowest BCUT2D eigenvalue weighted by molar-refractivity contribution is -0.154. The Hall–Kier alpha value is -0.943. The first-order valence-corrected chi connectivity index (χ1v) is 16.5. The maximum absolute atomic E-state index is 13.7. The molecule has 0 aliphatic heterocycles. The lowest BCUT2D eigenvalue weighted by Crippen LogP contribution is -2.55. The van der Waals surface area contributed by atoms with Crippen LogP contribution in [0.4, 0.5) is 0 Å². The van der Waals surface area contributed by atoms with E-state index in [2.05, 4.69) is 55.4 Å². The standard InChI is InChI=1S/C30H50O4Si/c1-18(2)35(19(3)4,20(5)6)34-22-12-14-29(7)21(16-22)17-26(31)27-23-10-11-25(28(32)33-9)30(23,8)15-13-24(27)29/h17-20,22-25,27H,10-16H2,1-9H3/t22-,23-,24-,25+,27-,29-,30-/m0/s1. The molecule has 0 aromatic carbocycles. The van der Waals surface area contributed by atoms with Gasteiger partial charge in [-0.15, -0.1) is 0 Å². The van der Waals surface area contributed by atoms with Gasteiger partial charge in [0.25, 0.3) is 0 Å². The molecule has 0 aromatic heterocycles. The van der Waals surface area contributed by atoms with Crippen molar-refractivity contribution in [3.63, 3.8) is 0 Å². The van der Waals surface area contributed by atoms with Gasteiger partial charge in [-0.1, -0.05) is 61.0 Å². The van der Waals surface area contributed by atoms with E-state index in [1.54, 1.807) is 0 Å². The zero-order valence-electron chi connectivity index (χ0n) is 23.8. The Bertz CT molecular complexity index is 854. The van der Waals surface area contributed by atoms with Gasteiger partial charge in [-0.25, -0.2) is 0 Å². The van der Waals surface area contributed by atoms with Crippen molar-refractivity contribution < 1.29 is 18.8 Å². The predicted molar refractivity (Wildman–Crippen MR) is 144 cm³/mol. The predicted octanol–water partition coefficient (Wildman–Crippen LogP) is 7.48. The summed E-state index contributed by atoms with van der Waals surface area (Å²) in [6.07, 6.45) is 9.30. The van der Waals surface area contributed by atoms with E-state index in [0.29, 0.717) is 34.2 Å². The molecule has 198 valence electrons. The van der Waals surface area contributed by atoms with Gasteiger partial charge in [0.2, 0.25) is 8.32 Å². The fourth-order valence-electron chi connectivity index (χ4n) is 9.70. The topological polar surface area (TPSA) is 52.6 Å². The Balaban J connectivity index is 1.60. The quantitative estimate of drug-likeness (QED) is 0.279. The SMILES string of the molecule is COC(=O)[C@H]1CC[C@H]2[C@@H]3C(=O)C=C4C[C@@H](O[Si](C(C)C)(C(C)C)C(C)C)CC[C@]4(C)[C@H]3CC[C@]12C. The Morgan fingerprint density at radius 3 is 2.14 bits per heavy atom. The molecule has 0 spiro atoms. The number of hydrogen-bond acceptors (Lipinski definition) is 4. The monoisotopic (exact) mass is 502 g/mol. The van der Waals surface area contributed by atoms with Gasteiger partial charge in [0.15, 0.2) is 5.78 Å². The number of carbonyl (C=O) groups is 2. The van der Waals surface area contributed by atoms with E-state index in [4.69, 9.17) is 9.16 Å². The van der Waals surface area contributed by atoms with Crippen molar-refractivity contribution in [1.29, 1.82) is 0 Å². The number of carbonyl (C=O) groups excluding carboxylic acids is 2. The van der Waals surface area contributed by atoms with E-state index >= 15 is 0 Å². The number of allylic oxidation sites excluding steroid dienone is 1. The maximum Gasteiger partial charge on any atom is 0.309 e. The first-order valence-electron chi connectivity index (χ1n) is 14.3. The van der Waals surface area contributed by atoms with Crippen LogP contribution in [0.2, 0.25) is 16.6 Å². The molecule has 3 saturated carbocycles. The molecule has 35 heavy (non-hydrogen) atoms. The van der Waals surface area contributed by atoms with Crippen LogP contribution in [0.1, 0.15) is 100 Å². The molecular formula is C30H50O4Si. The Morgan fingerprint density at radius 1 is 0.943 bits per heavy atom. The summed E-state index contributed by atoms with van der Waals surface area (Å²) in [7, 11) is -0.451. The Kier molecular flexibility index (Phi) is 7.29. The fraction of sp³-hybridized carbons (Fsp3) is 0.867. The van der Waals surface area contributed by atoms with Gasteiger partial charge in [0.05, 0.1) is 13.0 Å². The first-order chi connectivity index (χ1) is 16.3. The second-order valence-electron chi connectivity index (χ2n) is 13.7. The van der Waals surface area contributed by atoms with Crippen molar-refractivity contribution in [2.24, 2.45) is 34.5 Å².